The van der Waals surface area contributed by atoms with E-state index in [1.165, 1.54) is 12.1 Å². The maximum Gasteiger partial charge on any atom is 0.325 e. The maximum absolute atomic E-state index is 13.0. The van der Waals surface area contributed by atoms with Gasteiger partial charge in [-0.1, -0.05) is 30.3 Å². The average molecular weight is 384 g/mol. The highest BCUT2D eigenvalue weighted by Crippen LogP contribution is 2.10. The highest BCUT2D eigenvalue weighted by molar-refractivity contribution is 6.01. The molecule has 2 aromatic carbocycles. The first kappa shape index (κ1) is 20.0. The maximum atomic E-state index is 13.0. The molecule has 1 heterocycles. The fourth-order valence-corrected chi connectivity index (χ4v) is 3.24. The minimum atomic E-state index is -0.524. The van der Waals surface area contributed by atoms with Gasteiger partial charge in [0.15, 0.2) is 0 Å². The first-order valence-corrected chi connectivity index (χ1v) is 9.43. The van der Waals surface area contributed by atoms with Crippen molar-refractivity contribution in [3.8, 4) is 0 Å². The number of carbonyl (C=O) groups excluding carboxylic acids is 2. The van der Waals surface area contributed by atoms with Crippen LogP contribution in [0.25, 0.3) is 0 Å². The molecule has 0 aromatic heterocycles. The Balaban J connectivity index is 1.41. The number of rotatable bonds is 5. The summed E-state index contributed by atoms with van der Waals surface area (Å²) in [4.78, 5) is 28.4. The van der Waals surface area contributed by atoms with E-state index in [1.54, 1.807) is 24.3 Å². The van der Waals surface area contributed by atoms with Gasteiger partial charge >= 0.3 is 6.03 Å². The number of nitrogens with one attached hydrogen (secondary N) is 2. The van der Waals surface area contributed by atoms with Crippen molar-refractivity contribution in [1.82, 2.24) is 15.1 Å². The molecule has 0 unspecified atom stereocenters. The smallest absolute Gasteiger partial charge is 0.308 e. The third kappa shape index (κ3) is 6.44. The van der Waals surface area contributed by atoms with Gasteiger partial charge in [0.25, 0.3) is 0 Å². The van der Waals surface area contributed by atoms with Crippen molar-refractivity contribution < 1.29 is 14.0 Å². The largest absolute Gasteiger partial charge is 0.325 e. The van der Waals surface area contributed by atoms with Crippen LogP contribution in [0.4, 0.5) is 14.9 Å². The summed E-state index contributed by atoms with van der Waals surface area (Å²) in [6, 6.07) is 15.0. The molecule has 2 aromatic rings. The summed E-state index contributed by atoms with van der Waals surface area (Å²) in [6.07, 6.45) is 0.935. The molecule has 0 atom stereocenters. The zero-order chi connectivity index (χ0) is 19.8. The number of benzene rings is 2. The topological polar surface area (TPSA) is 64.7 Å². The fourth-order valence-electron chi connectivity index (χ4n) is 3.24. The third-order valence-electron chi connectivity index (χ3n) is 4.65. The number of nitrogens with zero attached hydrogens (tertiary/aromatic N) is 2. The van der Waals surface area contributed by atoms with Crippen LogP contribution in [0.1, 0.15) is 12.0 Å². The molecule has 6 nitrogen and oxygen atoms in total. The predicted octanol–water partition coefficient (Wildman–Crippen LogP) is 2.68. The van der Waals surface area contributed by atoms with E-state index in [2.05, 4.69) is 20.4 Å². The van der Waals surface area contributed by atoms with E-state index in [0.717, 1.165) is 44.7 Å². The van der Waals surface area contributed by atoms with Crippen molar-refractivity contribution in [2.45, 2.75) is 13.0 Å². The molecule has 0 aliphatic carbocycles. The summed E-state index contributed by atoms with van der Waals surface area (Å²) < 4.78 is 13.0. The van der Waals surface area contributed by atoms with Gasteiger partial charge in [0.1, 0.15) is 5.82 Å². The first-order chi connectivity index (χ1) is 13.6. The summed E-state index contributed by atoms with van der Waals surface area (Å²) >= 11 is 0. The van der Waals surface area contributed by atoms with Crippen molar-refractivity contribution in [2.75, 3.05) is 38.0 Å². The molecular weight excluding hydrogens is 359 g/mol. The molecule has 148 valence electrons. The van der Waals surface area contributed by atoms with Gasteiger partial charge in [-0.3, -0.25) is 19.9 Å². The number of anilines is 1. The van der Waals surface area contributed by atoms with Crippen molar-refractivity contribution in [2.24, 2.45) is 0 Å². The first-order valence-electron chi connectivity index (χ1n) is 9.43. The van der Waals surface area contributed by atoms with Crippen LogP contribution in [0.5, 0.6) is 0 Å². The highest BCUT2D eigenvalue weighted by atomic mass is 19.1. The molecule has 0 saturated carbocycles. The van der Waals surface area contributed by atoms with Crippen molar-refractivity contribution >= 4 is 17.6 Å². The number of carbonyl (C=O) groups is 2. The van der Waals surface area contributed by atoms with Crippen LogP contribution in [-0.2, 0) is 11.3 Å². The van der Waals surface area contributed by atoms with Gasteiger partial charge in [-0.15, -0.1) is 0 Å². The Hall–Kier alpha value is -2.77. The Kier molecular flexibility index (Phi) is 7.11. The van der Waals surface area contributed by atoms with Crippen molar-refractivity contribution in [3.05, 3.63) is 66.0 Å². The standard InChI is InChI=1S/C21H25FN4O2/c22-18-9-7-17(8-10-18)15-25-11-4-12-26(14-13-25)16-20(27)24-21(28)23-19-5-2-1-3-6-19/h1-3,5-10H,4,11-16H2,(H2,23,24,27,28). The van der Waals surface area contributed by atoms with Gasteiger partial charge in [-0.25, -0.2) is 9.18 Å². The molecule has 1 aliphatic heterocycles. The van der Waals surface area contributed by atoms with Gasteiger partial charge < -0.3 is 5.32 Å². The quantitative estimate of drug-likeness (QED) is 0.832. The number of urea groups is 1. The van der Waals surface area contributed by atoms with E-state index in [9.17, 15) is 14.0 Å². The summed E-state index contributed by atoms with van der Waals surface area (Å²) in [5.74, 6) is -0.548. The normalized spacial score (nSPS) is 15.6. The number of imide groups is 1. The van der Waals surface area contributed by atoms with Crippen molar-refractivity contribution in [3.63, 3.8) is 0 Å². The van der Waals surface area contributed by atoms with E-state index < -0.39 is 6.03 Å². The number of hydrogen-bond donors (Lipinski definition) is 2. The Morgan fingerprint density at radius 3 is 2.32 bits per heavy atom. The van der Waals surface area contributed by atoms with Crippen LogP contribution in [0.2, 0.25) is 0 Å². The molecule has 1 saturated heterocycles. The SMILES string of the molecule is O=C(CN1CCCN(Cc2ccc(F)cc2)CC1)NC(=O)Nc1ccccc1. The lowest BCUT2D eigenvalue weighted by atomic mass is 10.2. The Labute approximate surface area is 164 Å². The second kappa shape index (κ2) is 9.96. The lowest BCUT2D eigenvalue weighted by molar-refractivity contribution is -0.121. The van der Waals surface area contributed by atoms with Gasteiger partial charge in [0.05, 0.1) is 6.54 Å². The van der Waals surface area contributed by atoms with E-state index in [1.807, 2.05) is 18.2 Å². The molecule has 1 aliphatic rings. The third-order valence-corrected chi connectivity index (χ3v) is 4.65. The number of para-hydroxylation sites is 1. The van der Waals surface area contributed by atoms with E-state index >= 15 is 0 Å². The summed E-state index contributed by atoms with van der Waals surface area (Å²) in [5.41, 5.74) is 1.71. The van der Waals surface area contributed by atoms with Crippen LogP contribution in [0.15, 0.2) is 54.6 Å². The average Bonchev–Trinajstić information content (AvgIpc) is 2.89. The monoisotopic (exact) mass is 384 g/mol. The highest BCUT2D eigenvalue weighted by Gasteiger charge is 2.18. The zero-order valence-corrected chi connectivity index (χ0v) is 15.7. The predicted molar refractivity (Wildman–Crippen MR) is 106 cm³/mol. The van der Waals surface area contributed by atoms with E-state index in [-0.39, 0.29) is 18.3 Å². The summed E-state index contributed by atoms with van der Waals surface area (Å²) in [7, 11) is 0. The minimum absolute atomic E-state index is 0.187. The second-order valence-electron chi connectivity index (χ2n) is 6.90. The Bertz CT molecular complexity index is 783. The van der Waals surface area contributed by atoms with Gasteiger partial charge in [-0.05, 0) is 49.3 Å². The molecule has 0 bridgehead atoms. The van der Waals surface area contributed by atoms with E-state index in [0.29, 0.717) is 5.69 Å². The van der Waals surface area contributed by atoms with Gasteiger partial charge in [0, 0.05) is 25.3 Å². The molecule has 0 radical (unpaired) electrons. The number of halogens is 1. The second-order valence-corrected chi connectivity index (χ2v) is 6.90. The summed E-state index contributed by atoms with van der Waals surface area (Å²) in [5, 5.41) is 5.01. The molecule has 3 amide bonds. The van der Waals surface area contributed by atoms with E-state index in [4.69, 9.17) is 0 Å². The Morgan fingerprint density at radius 1 is 0.893 bits per heavy atom. The molecule has 3 rings (SSSR count). The lowest BCUT2D eigenvalue weighted by Gasteiger charge is -2.21. The minimum Gasteiger partial charge on any atom is -0.308 e. The Morgan fingerprint density at radius 2 is 1.57 bits per heavy atom. The molecule has 1 fully saturated rings. The number of hydrogen-bond acceptors (Lipinski definition) is 4. The van der Waals surface area contributed by atoms with Gasteiger partial charge in [0.2, 0.25) is 5.91 Å². The van der Waals surface area contributed by atoms with Gasteiger partial charge in [-0.2, -0.15) is 0 Å². The molecule has 7 heteroatoms. The number of amides is 3. The molecule has 0 spiro atoms. The van der Waals surface area contributed by atoms with Crippen LogP contribution < -0.4 is 10.6 Å². The van der Waals surface area contributed by atoms with Crippen LogP contribution in [0, 0.1) is 5.82 Å². The molecule has 2 N–H and O–H groups in total. The van der Waals surface area contributed by atoms with Crippen molar-refractivity contribution in [1.29, 1.82) is 0 Å². The summed E-state index contributed by atoms with van der Waals surface area (Å²) in [6.45, 7) is 4.24. The molecule has 28 heavy (non-hydrogen) atoms. The van der Waals surface area contributed by atoms with Crippen LogP contribution in [0.3, 0.4) is 0 Å². The zero-order valence-electron chi connectivity index (χ0n) is 15.7. The fraction of sp³-hybridized carbons (Fsp3) is 0.333. The molecular formula is C21H25FN4O2. The van der Waals surface area contributed by atoms with Crippen LogP contribution >= 0.6 is 0 Å². The van der Waals surface area contributed by atoms with Crippen LogP contribution in [-0.4, -0.2) is 54.5 Å². The lowest BCUT2D eigenvalue weighted by Crippen LogP contribution is -2.42.